The van der Waals surface area contributed by atoms with Crippen molar-refractivity contribution in [2.24, 2.45) is 0 Å². The molecule has 1 aromatic heterocycles. The van der Waals surface area contributed by atoms with Crippen LogP contribution in [0.15, 0.2) is 17.4 Å². The number of methoxy groups -OCH3 is 1. The van der Waals surface area contributed by atoms with Gasteiger partial charge in [-0.15, -0.1) is 6.58 Å². The zero-order valence-electron chi connectivity index (χ0n) is 15.0. The third-order valence-corrected chi connectivity index (χ3v) is 5.02. The molecule has 1 aromatic rings. The van der Waals surface area contributed by atoms with E-state index in [9.17, 15) is 9.59 Å². The van der Waals surface area contributed by atoms with Gasteiger partial charge in [0.1, 0.15) is 5.82 Å². The maximum absolute atomic E-state index is 12.7. The van der Waals surface area contributed by atoms with Gasteiger partial charge in [-0.3, -0.25) is 9.36 Å². The molecule has 1 saturated carbocycles. The van der Waals surface area contributed by atoms with E-state index >= 15 is 0 Å². The molecule has 0 N–H and O–H groups in total. The SMILES string of the molecule is C=CCCC(=O)N1CCCC(c2nn(CCOC)c(=O)n2C2CC2)C1. The van der Waals surface area contributed by atoms with Crippen LogP contribution in [-0.2, 0) is 16.1 Å². The highest BCUT2D eigenvalue weighted by molar-refractivity contribution is 5.76. The van der Waals surface area contributed by atoms with Crippen LogP contribution in [0.5, 0.6) is 0 Å². The fourth-order valence-electron chi connectivity index (χ4n) is 3.51. The summed E-state index contributed by atoms with van der Waals surface area (Å²) in [6.07, 6.45) is 7.00. The van der Waals surface area contributed by atoms with Gasteiger partial charge >= 0.3 is 5.69 Å². The fraction of sp³-hybridized carbons (Fsp3) is 0.722. The largest absolute Gasteiger partial charge is 0.383 e. The Morgan fingerprint density at radius 3 is 2.88 bits per heavy atom. The molecule has 7 heteroatoms. The van der Waals surface area contributed by atoms with E-state index in [1.54, 1.807) is 13.2 Å². The van der Waals surface area contributed by atoms with Gasteiger partial charge in [0.2, 0.25) is 5.91 Å². The summed E-state index contributed by atoms with van der Waals surface area (Å²) in [6.45, 7) is 6.07. The standard InChI is InChI=1S/C18H28N4O3/c1-3-4-7-16(23)20-10-5-6-14(13-20)17-19-21(11-12-25-2)18(24)22(17)15-8-9-15/h3,14-15H,1,4-13H2,2H3. The van der Waals surface area contributed by atoms with Gasteiger partial charge in [0, 0.05) is 38.6 Å². The predicted octanol–water partition coefficient (Wildman–Crippen LogP) is 1.70. The second kappa shape index (κ2) is 7.99. The number of carbonyl (C=O) groups is 1. The van der Waals surface area contributed by atoms with Crippen molar-refractivity contribution in [2.45, 2.75) is 57.0 Å². The molecular weight excluding hydrogens is 320 g/mol. The smallest absolute Gasteiger partial charge is 0.346 e. The molecule has 1 amide bonds. The Balaban J connectivity index is 1.79. The van der Waals surface area contributed by atoms with Gasteiger partial charge in [-0.05, 0) is 32.1 Å². The van der Waals surface area contributed by atoms with E-state index < -0.39 is 0 Å². The van der Waals surface area contributed by atoms with Crippen LogP contribution in [0.1, 0.15) is 56.3 Å². The molecule has 1 unspecified atom stereocenters. The van der Waals surface area contributed by atoms with E-state index in [1.807, 2.05) is 9.47 Å². The van der Waals surface area contributed by atoms with E-state index in [0.29, 0.717) is 32.5 Å². The third kappa shape index (κ3) is 4.03. The maximum atomic E-state index is 12.7. The third-order valence-electron chi connectivity index (χ3n) is 5.02. The Morgan fingerprint density at radius 2 is 2.20 bits per heavy atom. The molecule has 1 saturated heterocycles. The van der Waals surface area contributed by atoms with Crippen LogP contribution in [0, 0.1) is 0 Å². The molecular formula is C18H28N4O3. The van der Waals surface area contributed by atoms with Crippen LogP contribution in [0.2, 0.25) is 0 Å². The zero-order chi connectivity index (χ0) is 17.8. The number of piperidine rings is 1. The molecule has 2 heterocycles. The Labute approximate surface area is 148 Å². The Kier molecular flexibility index (Phi) is 5.73. The summed E-state index contributed by atoms with van der Waals surface area (Å²) in [5.41, 5.74) is -0.0374. The summed E-state index contributed by atoms with van der Waals surface area (Å²) in [5.74, 6) is 1.16. The quantitative estimate of drug-likeness (QED) is 0.671. The highest BCUT2D eigenvalue weighted by Gasteiger charge is 2.35. The lowest BCUT2D eigenvalue weighted by atomic mass is 9.96. The minimum Gasteiger partial charge on any atom is -0.383 e. The topological polar surface area (TPSA) is 69.4 Å². The maximum Gasteiger partial charge on any atom is 0.346 e. The van der Waals surface area contributed by atoms with E-state index in [2.05, 4.69) is 11.7 Å². The average molecular weight is 348 g/mol. The minimum atomic E-state index is -0.0374. The van der Waals surface area contributed by atoms with E-state index in [0.717, 1.165) is 38.1 Å². The number of hydrogen-bond acceptors (Lipinski definition) is 4. The van der Waals surface area contributed by atoms with Crippen LogP contribution in [0.25, 0.3) is 0 Å². The van der Waals surface area contributed by atoms with Crippen molar-refractivity contribution in [2.75, 3.05) is 26.8 Å². The molecule has 1 aliphatic carbocycles. The first-order chi connectivity index (χ1) is 12.2. The first-order valence-corrected chi connectivity index (χ1v) is 9.22. The van der Waals surface area contributed by atoms with Gasteiger partial charge in [-0.25, -0.2) is 9.48 Å². The molecule has 1 atom stereocenters. The molecule has 2 fully saturated rings. The molecule has 138 valence electrons. The molecule has 1 aliphatic heterocycles. The second-order valence-corrected chi connectivity index (χ2v) is 6.96. The van der Waals surface area contributed by atoms with Crippen LogP contribution >= 0.6 is 0 Å². The summed E-state index contributed by atoms with van der Waals surface area (Å²) in [6, 6.07) is 0.283. The summed E-state index contributed by atoms with van der Waals surface area (Å²) in [7, 11) is 1.62. The summed E-state index contributed by atoms with van der Waals surface area (Å²) in [5, 5.41) is 4.62. The highest BCUT2D eigenvalue weighted by Crippen LogP contribution is 2.37. The number of hydrogen-bond donors (Lipinski definition) is 0. The lowest BCUT2D eigenvalue weighted by molar-refractivity contribution is -0.132. The molecule has 2 aliphatic rings. The molecule has 0 spiro atoms. The number of allylic oxidation sites excluding steroid dienone is 1. The van der Waals surface area contributed by atoms with E-state index in [4.69, 9.17) is 4.74 Å². The number of aromatic nitrogens is 3. The number of ether oxygens (including phenoxy) is 1. The van der Waals surface area contributed by atoms with Crippen molar-refractivity contribution in [3.8, 4) is 0 Å². The minimum absolute atomic E-state index is 0.0374. The van der Waals surface area contributed by atoms with Crippen LogP contribution in [0.3, 0.4) is 0 Å². The van der Waals surface area contributed by atoms with Crippen LogP contribution in [0.4, 0.5) is 0 Å². The van der Waals surface area contributed by atoms with Crippen molar-refractivity contribution < 1.29 is 9.53 Å². The molecule has 0 aromatic carbocycles. The Bertz CT molecular complexity index is 674. The van der Waals surface area contributed by atoms with E-state index in [1.165, 1.54) is 4.68 Å². The highest BCUT2D eigenvalue weighted by atomic mass is 16.5. The van der Waals surface area contributed by atoms with Gasteiger partial charge in [0.05, 0.1) is 13.2 Å². The number of nitrogens with zero attached hydrogens (tertiary/aromatic N) is 4. The number of likely N-dealkylation sites (tertiary alicyclic amines) is 1. The normalized spacial score (nSPS) is 20.7. The summed E-state index contributed by atoms with van der Waals surface area (Å²) in [4.78, 5) is 27.0. The van der Waals surface area contributed by atoms with Gasteiger partial charge in [-0.1, -0.05) is 6.08 Å². The summed E-state index contributed by atoms with van der Waals surface area (Å²) >= 11 is 0. The number of rotatable bonds is 8. The molecule has 7 nitrogen and oxygen atoms in total. The lowest BCUT2D eigenvalue weighted by Gasteiger charge is -2.32. The first kappa shape index (κ1) is 17.9. The van der Waals surface area contributed by atoms with Gasteiger partial charge in [0.25, 0.3) is 0 Å². The fourth-order valence-corrected chi connectivity index (χ4v) is 3.51. The van der Waals surface area contributed by atoms with Crippen molar-refractivity contribution in [3.05, 3.63) is 29.0 Å². The van der Waals surface area contributed by atoms with Crippen LogP contribution in [-0.4, -0.2) is 52.0 Å². The van der Waals surface area contributed by atoms with Gasteiger partial charge in [-0.2, -0.15) is 5.10 Å². The van der Waals surface area contributed by atoms with Gasteiger partial charge in [0.15, 0.2) is 0 Å². The number of carbonyl (C=O) groups excluding carboxylic acids is 1. The van der Waals surface area contributed by atoms with Gasteiger partial charge < -0.3 is 9.64 Å². The van der Waals surface area contributed by atoms with Crippen molar-refractivity contribution in [3.63, 3.8) is 0 Å². The van der Waals surface area contributed by atoms with E-state index in [-0.39, 0.29) is 23.6 Å². The first-order valence-electron chi connectivity index (χ1n) is 9.22. The van der Waals surface area contributed by atoms with Crippen LogP contribution < -0.4 is 5.69 Å². The molecule has 25 heavy (non-hydrogen) atoms. The zero-order valence-corrected chi connectivity index (χ0v) is 15.0. The lowest BCUT2D eigenvalue weighted by Crippen LogP contribution is -2.40. The molecule has 0 bridgehead atoms. The summed E-state index contributed by atoms with van der Waals surface area (Å²) < 4.78 is 8.48. The van der Waals surface area contributed by atoms with Crippen molar-refractivity contribution in [1.29, 1.82) is 0 Å². The van der Waals surface area contributed by atoms with Crippen molar-refractivity contribution in [1.82, 2.24) is 19.2 Å². The average Bonchev–Trinajstić information content (AvgIpc) is 3.41. The molecule has 3 rings (SSSR count). The monoisotopic (exact) mass is 348 g/mol. The predicted molar refractivity (Wildman–Crippen MR) is 94.6 cm³/mol. The second-order valence-electron chi connectivity index (χ2n) is 6.96. The van der Waals surface area contributed by atoms with Crippen molar-refractivity contribution >= 4 is 5.91 Å². The Morgan fingerprint density at radius 1 is 1.40 bits per heavy atom. The number of amides is 1. The Hall–Kier alpha value is -1.89. The molecule has 0 radical (unpaired) electrons.